The van der Waals surface area contributed by atoms with Gasteiger partial charge in [-0.1, -0.05) is 13.3 Å². The number of rotatable bonds is 5. The van der Waals surface area contributed by atoms with Gasteiger partial charge >= 0.3 is 5.97 Å². The lowest BCUT2D eigenvalue weighted by molar-refractivity contribution is -0.153. The van der Waals surface area contributed by atoms with Crippen LogP contribution in [0.2, 0.25) is 0 Å². The van der Waals surface area contributed by atoms with E-state index in [-0.39, 0.29) is 6.04 Å². The summed E-state index contributed by atoms with van der Waals surface area (Å²) in [5, 5.41) is 9.52. The molecule has 0 amide bonds. The lowest BCUT2D eigenvalue weighted by atomic mass is 9.74. The van der Waals surface area contributed by atoms with Gasteiger partial charge in [-0.15, -0.1) is 0 Å². The number of piperidine rings is 1. The number of aromatic nitrogens is 2. The smallest absolute Gasteiger partial charge is 0.309 e. The van der Waals surface area contributed by atoms with Crippen molar-refractivity contribution in [1.82, 2.24) is 14.9 Å². The quantitative estimate of drug-likeness (QED) is 0.895. The van der Waals surface area contributed by atoms with Gasteiger partial charge < -0.3 is 5.11 Å². The van der Waals surface area contributed by atoms with E-state index in [1.54, 1.807) is 18.6 Å². The Morgan fingerprint density at radius 3 is 2.65 bits per heavy atom. The normalized spacial score (nSPS) is 20.5. The van der Waals surface area contributed by atoms with Crippen LogP contribution >= 0.6 is 0 Å². The fourth-order valence-corrected chi connectivity index (χ4v) is 3.10. The van der Waals surface area contributed by atoms with E-state index in [9.17, 15) is 9.90 Å². The molecule has 2 heterocycles. The van der Waals surface area contributed by atoms with Gasteiger partial charge in [0, 0.05) is 18.6 Å². The summed E-state index contributed by atoms with van der Waals surface area (Å²) in [7, 11) is 0. The third-order valence-corrected chi connectivity index (χ3v) is 4.50. The standard InChI is InChI=1S/C15H23N3O2/c1-3-4-15(14(19)20)5-9-18(10-6-15)12(2)13-11-16-7-8-17-13/h7-8,11-12H,3-6,9-10H2,1-2H3,(H,19,20). The minimum absolute atomic E-state index is 0.192. The SMILES string of the molecule is CCCC1(C(=O)O)CCN(C(C)c2cnccn2)CC1. The van der Waals surface area contributed by atoms with Crippen LogP contribution in [0.5, 0.6) is 0 Å². The van der Waals surface area contributed by atoms with E-state index in [1.165, 1.54) is 0 Å². The predicted molar refractivity (Wildman–Crippen MR) is 76.2 cm³/mol. The Balaban J connectivity index is 2.02. The third-order valence-electron chi connectivity index (χ3n) is 4.50. The highest BCUT2D eigenvalue weighted by Crippen LogP contribution is 2.38. The summed E-state index contributed by atoms with van der Waals surface area (Å²) < 4.78 is 0. The van der Waals surface area contributed by atoms with Gasteiger partial charge in [0.05, 0.1) is 17.2 Å². The summed E-state index contributed by atoms with van der Waals surface area (Å²) in [5.74, 6) is -0.633. The molecule has 1 unspecified atom stereocenters. The predicted octanol–water partition coefficient (Wildman–Crippen LogP) is 2.50. The summed E-state index contributed by atoms with van der Waals surface area (Å²) in [6, 6.07) is 0.192. The lowest BCUT2D eigenvalue weighted by Crippen LogP contribution is -2.45. The van der Waals surface area contributed by atoms with Gasteiger partial charge in [0.15, 0.2) is 0 Å². The van der Waals surface area contributed by atoms with Crippen molar-refractivity contribution in [3.63, 3.8) is 0 Å². The van der Waals surface area contributed by atoms with E-state index in [2.05, 4.69) is 28.7 Å². The van der Waals surface area contributed by atoms with E-state index in [0.717, 1.165) is 44.5 Å². The monoisotopic (exact) mass is 277 g/mol. The molecule has 1 aliphatic rings. The number of carboxylic acid groups (broad SMARTS) is 1. The van der Waals surface area contributed by atoms with Crippen molar-refractivity contribution in [3.8, 4) is 0 Å². The molecular weight excluding hydrogens is 254 g/mol. The van der Waals surface area contributed by atoms with Gasteiger partial charge in [0.2, 0.25) is 0 Å². The Morgan fingerprint density at radius 2 is 2.15 bits per heavy atom. The van der Waals surface area contributed by atoms with Crippen LogP contribution in [0.3, 0.4) is 0 Å². The molecule has 20 heavy (non-hydrogen) atoms. The molecule has 5 nitrogen and oxygen atoms in total. The fraction of sp³-hybridized carbons (Fsp3) is 0.667. The molecule has 0 saturated carbocycles. The minimum Gasteiger partial charge on any atom is -0.481 e. The molecule has 1 fully saturated rings. The van der Waals surface area contributed by atoms with Crippen LogP contribution in [0.15, 0.2) is 18.6 Å². The molecule has 1 aliphatic heterocycles. The van der Waals surface area contributed by atoms with Crippen LogP contribution in [-0.4, -0.2) is 39.0 Å². The Bertz CT molecular complexity index is 442. The number of likely N-dealkylation sites (tertiary alicyclic amines) is 1. The first-order chi connectivity index (χ1) is 9.59. The second-order valence-corrected chi connectivity index (χ2v) is 5.68. The zero-order valence-electron chi connectivity index (χ0n) is 12.2. The molecule has 1 atom stereocenters. The maximum absolute atomic E-state index is 11.6. The second kappa shape index (κ2) is 6.31. The minimum atomic E-state index is -0.633. The van der Waals surface area contributed by atoms with Gasteiger partial charge in [-0.3, -0.25) is 19.7 Å². The van der Waals surface area contributed by atoms with E-state index in [1.807, 2.05) is 0 Å². The van der Waals surface area contributed by atoms with Gasteiger partial charge in [0.1, 0.15) is 0 Å². The molecule has 0 aliphatic carbocycles. The molecule has 0 radical (unpaired) electrons. The average Bonchev–Trinajstić information content (AvgIpc) is 2.48. The average molecular weight is 277 g/mol. The highest BCUT2D eigenvalue weighted by Gasteiger charge is 2.41. The number of carbonyl (C=O) groups is 1. The number of hydrogen-bond donors (Lipinski definition) is 1. The van der Waals surface area contributed by atoms with E-state index in [0.29, 0.717) is 0 Å². The largest absolute Gasteiger partial charge is 0.481 e. The van der Waals surface area contributed by atoms with Gasteiger partial charge in [-0.2, -0.15) is 0 Å². The number of carboxylic acids is 1. The summed E-state index contributed by atoms with van der Waals surface area (Å²) in [6.45, 7) is 5.78. The Labute approximate surface area is 120 Å². The zero-order valence-corrected chi connectivity index (χ0v) is 12.2. The number of aliphatic carboxylic acids is 1. The van der Waals surface area contributed by atoms with Gasteiger partial charge in [0.25, 0.3) is 0 Å². The molecule has 5 heteroatoms. The van der Waals surface area contributed by atoms with Crippen LogP contribution in [0.4, 0.5) is 0 Å². The molecular formula is C15H23N3O2. The Morgan fingerprint density at radius 1 is 1.45 bits per heavy atom. The maximum Gasteiger partial charge on any atom is 0.309 e. The molecule has 0 aromatic carbocycles. The van der Waals surface area contributed by atoms with Crippen LogP contribution in [-0.2, 0) is 4.79 Å². The van der Waals surface area contributed by atoms with Crippen LogP contribution in [0, 0.1) is 5.41 Å². The maximum atomic E-state index is 11.6. The van der Waals surface area contributed by atoms with E-state index < -0.39 is 11.4 Å². The van der Waals surface area contributed by atoms with Crippen LogP contribution in [0.25, 0.3) is 0 Å². The fourth-order valence-electron chi connectivity index (χ4n) is 3.10. The molecule has 0 spiro atoms. The number of nitrogens with zero attached hydrogens (tertiary/aromatic N) is 3. The van der Waals surface area contributed by atoms with E-state index in [4.69, 9.17) is 0 Å². The van der Waals surface area contributed by atoms with Crippen molar-refractivity contribution in [2.24, 2.45) is 5.41 Å². The molecule has 1 N–H and O–H groups in total. The van der Waals surface area contributed by atoms with Crippen molar-refractivity contribution in [2.75, 3.05) is 13.1 Å². The topological polar surface area (TPSA) is 66.3 Å². The van der Waals surface area contributed by atoms with Crippen LogP contribution in [0.1, 0.15) is 51.3 Å². The summed E-state index contributed by atoms with van der Waals surface area (Å²) in [6.07, 6.45) is 8.30. The molecule has 1 aromatic heterocycles. The first-order valence-electron chi connectivity index (χ1n) is 7.32. The van der Waals surface area contributed by atoms with Crippen molar-refractivity contribution in [2.45, 2.75) is 45.6 Å². The van der Waals surface area contributed by atoms with Crippen molar-refractivity contribution >= 4 is 5.97 Å². The van der Waals surface area contributed by atoms with Crippen molar-refractivity contribution < 1.29 is 9.90 Å². The lowest BCUT2D eigenvalue weighted by Gasteiger charge is -2.41. The van der Waals surface area contributed by atoms with Gasteiger partial charge in [-0.05, 0) is 39.3 Å². The summed E-state index contributed by atoms with van der Waals surface area (Å²) in [4.78, 5) is 22.3. The molecule has 110 valence electrons. The molecule has 1 saturated heterocycles. The second-order valence-electron chi connectivity index (χ2n) is 5.68. The molecule has 1 aromatic rings. The number of hydrogen-bond acceptors (Lipinski definition) is 4. The highest BCUT2D eigenvalue weighted by atomic mass is 16.4. The summed E-state index contributed by atoms with van der Waals surface area (Å²) >= 11 is 0. The Kier molecular flexibility index (Phi) is 4.70. The summed E-state index contributed by atoms with van der Waals surface area (Å²) in [5.41, 5.74) is 0.429. The van der Waals surface area contributed by atoms with Crippen LogP contribution < -0.4 is 0 Å². The molecule has 2 rings (SSSR count). The first kappa shape index (κ1) is 14.9. The first-order valence-corrected chi connectivity index (χ1v) is 7.32. The molecule has 0 bridgehead atoms. The highest BCUT2D eigenvalue weighted by molar-refractivity contribution is 5.74. The Hall–Kier alpha value is -1.49. The zero-order chi connectivity index (χ0) is 14.6. The van der Waals surface area contributed by atoms with E-state index >= 15 is 0 Å². The van der Waals surface area contributed by atoms with Gasteiger partial charge in [-0.25, -0.2) is 0 Å². The van der Waals surface area contributed by atoms with Crippen molar-refractivity contribution in [3.05, 3.63) is 24.3 Å². The van der Waals surface area contributed by atoms with Crippen molar-refractivity contribution in [1.29, 1.82) is 0 Å². The third kappa shape index (κ3) is 2.98.